The zero-order valence-corrected chi connectivity index (χ0v) is 43.1. The molecular weight excluding hydrogens is 1030 g/mol. The maximum absolute atomic E-state index is 10.7. The van der Waals surface area contributed by atoms with Crippen molar-refractivity contribution in [2.75, 3.05) is 106 Å². The van der Waals surface area contributed by atoms with Crippen molar-refractivity contribution >= 4 is 17.9 Å². The van der Waals surface area contributed by atoms with Crippen LogP contribution in [-0.2, 0) is 65.8 Å². The molecule has 1 aliphatic rings. The van der Waals surface area contributed by atoms with Crippen LogP contribution in [0.5, 0.6) is 23.0 Å². The normalized spacial score (nSPS) is 16.3. The molecule has 0 amide bonds. The number of nitrogens with zero attached hydrogens (tertiary/aromatic N) is 2. The van der Waals surface area contributed by atoms with Crippen molar-refractivity contribution in [3.8, 4) is 34.1 Å². The Bertz CT molecular complexity index is 2270. The Labute approximate surface area is 427 Å². The van der Waals surface area contributed by atoms with E-state index in [1.54, 1.807) is 48.5 Å². The van der Waals surface area contributed by atoms with E-state index in [-0.39, 0.29) is 18.1 Å². The summed E-state index contributed by atoms with van der Waals surface area (Å²) in [5.74, 6) is 2.36. The number of ether oxygens (including phenoxy) is 10. The van der Waals surface area contributed by atoms with Crippen LogP contribution >= 0.6 is 7.81 Å². The van der Waals surface area contributed by atoms with E-state index in [0.29, 0.717) is 140 Å². The fourth-order valence-electron chi connectivity index (χ4n) is 5.83. The van der Waals surface area contributed by atoms with Crippen LogP contribution in [0.2, 0.25) is 0 Å². The van der Waals surface area contributed by atoms with Gasteiger partial charge in [0.25, 0.3) is 0 Å². The molecule has 0 unspecified atom stereocenters. The number of rotatable bonds is 4. The Morgan fingerprint density at radius 3 is 0.932 bits per heavy atom. The van der Waals surface area contributed by atoms with Gasteiger partial charge in [0.2, 0.25) is 0 Å². The summed E-state index contributed by atoms with van der Waals surface area (Å²) in [6, 6.07) is 24.9. The predicted molar refractivity (Wildman–Crippen MR) is 259 cm³/mol. The summed E-state index contributed by atoms with van der Waals surface area (Å²) in [4.78, 5) is -0.178. The average Bonchev–Trinajstić information content (AvgIpc) is 3.34. The number of pyridine rings is 2. The Kier molecular flexibility index (Phi) is 26.9. The van der Waals surface area contributed by atoms with Crippen LogP contribution in [-0.4, -0.2) is 129 Å². The second-order valence-electron chi connectivity index (χ2n) is 15.7. The van der Waals surface area contributed by atoms with Crippen LogP contribution in [0.15, 0.2) is 115 Å². The molecule has 0 saturated carbocycles. The van der Waals surface area contributed by atoms with E-state index in [4.69, 9.17) is 47.4 Å². The molecule has 1 aliphatic heterocycles. The van der Waals surface area contributed by atoms with E-state index in [1.807, 2.05) is 30.2 Å². The van der Waals surface area contributed by atoms with Gasteiger partial charge in [-0.15, -0.1) is 0 Å². The molecule has 0 spiro atoms. The average molecular weight is 1100 g/mol. The first-order valence-electron chi connectivity index (χ1n) is 22.9. The molecule has 0 saturated heterocycles. The fraction of sp³-hybridized carbons (Fsp3) is 0.429. The summed E-state index contributed by atoms with van der Waals surface area (Å²) in [5, 5.41) is 19.1. The van der Waals surface area contributed by atoms with Gasteiger partial charge in [0.1, 0.15) is 73.6 Å². The Morgan fingerprint density at radius 2 is 0.703 bits per heavy atom. The molecule has 5 aromatic rings. The van der Waals surface area contributed by atoms with Crippen LogP contribution in [0, 0.1) is 6.92 Å². The minimum Gasteiger partial charge on any atom is -0.491 e. The number of aromatic nitrogens is 2. The number of hydrogen-bond acceptors (Lipinski definition) is 15. The van der Waals surface area contributed by atoms with E-state index in [9.17, 15) is 48.4 Å². The van der Waals surface area contributed by atoms with E-state index in [0.717, 1.165) is 5.56 Å². The maximum atomic E-state index is 10.4. The van der Waals surface area contributed by atoms with Gasteiger partial charge in [-0.25, -0.2) is 17.6 Å². The van der Waals surface area contributed by atoms with Gasteiger partial charge in [-0.1, -0.05) is 17.7 Å². The summed E-state index contributed by atoms with van der Waals surface area (Å²) in [7, 11) is -10.9. The fourth-order valence-corrected chi connectivity index (χ4v) is 6.30. The molecule has 3 aromatic carbocycles. The summed E-state index contributed by atoms with van der Waals surface area (Å²) >= 11 is 0. The van der Waals surface area contributed by atoms with Crippen molar-refractivity contribution in [2.24, 2.45) is 14.1 Å². The van der Waals surface area contributed by atoms with E-state index >= 15 is 0 Å². The molecule has 0 atom stereocenters. The number of halogens is 6. The third kappa shape index (κ3) is 32.2. The summed E-state index contributed by atoms with van der Waals surface area (Å²) in [6.07, 6.45) is 8.23. The molecule has 0 aliphatic carbocycles. The first-order chi connectivity index (χ1) is 35.0. The number of aliphatic hydroxyl groups is 2. The van der Waals surface area contributed by atoms with Gasteiger partial charge >= 0.3 is 33.0 Å². The van der Waals surface area contributed by atoms with Crippen molar-refractivity contribution in [1.29, 1.82) is 0 Å². The van der Waals surface area contributed by atoms with Crippen LogP contribution in [0.4, 0.5) is 25.2 Å². The molecule has 74 heavy (non-hydrogen) atoms. The number of aryl methyl sites for hydroxylation is 3. The minimum atomic E-state index is -10.7. The molecule has 17 nitrogen and oxygen atoms in total. The second-order valence-corrected chi connectivity index (χ2v) is 19.0. The van der Waals surface area contributed by atoms with Gasteiger partial charge in [0.15, 0.2) is 24.8 Å². The maximum Gasteiger partial charge on any atom is 0.123 e. The number of aliphatic hydroxyl groups excluding tert-OH is 2. The third-order valence-electron chi connectivity index (χ3n) is 9.32. The second kappa shape index (κ2) is 31.6. The molecule has 0 fully saturated rings. The van der Waals surface area contributed by atoms with E-state index in [1.165, 1.54) is 23.3 Å². The third-order valence-corrected chi connectivity index (χ3v) is 10.2. The molecule has 2 N–H and O–H groups in total. The van der Waals surface area contributed by atoms with Crippen LogP contribution in [0.25, 0.3) is 11.1 Å². The first-order valence-corrected chi connectivity index (χ1v) is 26.4. The minimum absolute atomic E-state index is 0.123. The van der Waals surface area contributed by atoms with Crippen LogP contribution in [0.3, 0.4) is 0 Å². The smallest absolute Gasteiger partial charge is 0.123 e. The Morgan fingerprint density at radius 1 is 0.459 bits per heavy atom. The predicted octanol–water partition coefficient (Wildman–Crippen LogP) is 7.28. The molecular formula is C49H65F6N2O15PS. The van der Waals surface area contributed by atoms with Crippen molar-refractivity contribution in [1.82, 2.24) is 0 Å². The van der Waals surface area contributed by atoms with Crippen molar-refractivity contribution < 1.29 is 105 Å². The zero-order chi connectivity index (χ0) is 54.4. The van der Waals surface area contributed by atoms with Gasteiger partial charge in [0, 0.05) is 36.4 Å². The molecule has 6 rings (SSSR count). The number of benzene rings is 3. The SMILES string of the molecule is C[n+]1ccc(-c2cc[n+](C)cc2)cc1.Cc1ccc(S(=O)(=O)[O-])cc1.F[P-](F)(F)(F)(F)F.OCc1cc2cc(c1)OCCOCCOCCOCCOc1cc(CO)cc(c1)OCCOCCOCCOCCO2. The largest absolute Gasteiger partial charge is 0.491 e. The van der Waals surface area contributed by atoms with Crippen molar-refractivity contribution in [3.63, 3.8) is 0 Å². The van der Waals surface area contributed by atoms with E-state index in [2.05, 4.69) is 49.1 Å². The zero-order valence-electron chi connectivity index (χ0n) is 41.3. The Balaban J connectivity index is 0.000000359. The quantitative estimate of drug-likeness (QED) is 0.0787. The topological polar surface area (TPSA) is 198 Å². The van der Waals surface area contributed by atoms with Crippen LogP contribution in [0.1, 0.15) is 16.7 Å². The monoisotopic (exact) mass is 1100 g/mol. The van der Waals surface area contributed by atoms with Gasteiger partial charge in [0.05, 0.1) is 97.4 Å². The molecule has 0 radical (unpaired) electrons. The van der Waals surface area contributed by atoms with Crippen molar-refractivity contribution in [2.45, 2.75) is 25.0 Å². The summed E-state index contributed by atoms with van der Waals surface area (Å²) in [5.41, 5.74) is 4.82. The van der Waals surface area contributed by atoms with Gasteiger partial charge in [-0.2, -0.15) is 0 Å². The molecule has 414 valence electrons. The first kappa shape index (κ1) is 63.1. The summed E-state index contributed by atoms with van der Waals surface area (Å²) < 4.78 is 151. The van der Waals surface area contributed by atoms with Gasteiger partial charge in [-0.3, -0.25) is 0 Å². The molecule has 2 aromatic heterocycles. The van der Waals surface area contributed by atoms with Gasteiger partial charge in [-0.05, 0) is 65.6 Å². The number of hydrogen-bond donors (Lipinski definition) is 2. The number of fused-ring (bicyclic) bond motifs is 4. The van der Waals surface area contributed by atoms with Crippen LogP contribution < -0.4 is 28.1 Å². The Hall–Kier alpha value is -5.24. The van der Waals surface area contributed by atoms with E-state index < -0.39 is 17.9 Å². The molecule has 3 heterocycles. The van der Waals surface area contributed by atoms with Crippen molar-refractivity contribution in [3.05, 3.63) is 126 Å². The van der Waals surface area contributed by atoms with Gasteiger partial charge < -0.3 is 62.1 Å². The standard InChI is InChI=1S/C30H44O12.C12H14N2.C7H8O3S.F6P/c31-23-25-17-27-21-28(18-25)41-15-11-37-7-3-34-4-8-38-12-16-42-30-20-26(24-32)19-29(22-30)40-14-10-36-6-2-33-1-5-35-9-13-39-27;1-13-7-3-11(4-8-13)12-5-9-14(2)10-6-12;1-6-2-4-7(5-3-6)11(8,9)10;1-7(2,3,4,5)6/h17-22,31-32H,1-16,23-24H2;3-10H,1-2H3;2-5H,1H3,(H,8,9,10);/q;+2;;-1/p-1. The summed E-state index contributed by atoms with van der Waals surface area (Å²) in [6.45, 7) is 8.01. The molecule has 25 heteroatoms. The molecule has 4 bridgehead atoms.